The van der Waals surface area contributed by atoms with Crippen LogP contribution in [0.15, 0.2) is 24.3 Å². The van der Waals surface area contributed by atoms with Crippen LogP contribution in [0.3, 0.4) is 0 Å². The summed E-state index contributed by atoms with van der Waals surface area (Å²) in [7, 11) is 1.84. The monoisotopic (exact) mass is 263 g/mol. The van der Waals surface area contributed by atoms with Gasteiger partial charge in [-0.25, -0.2) is 0 Å². The van der Waals surface area contributed by atoms with Crippen LogP contribution in [-0.2, 0) is 0 Å². The maximum Gasteiger partial charge on any atom is 0.205 e. The molecule has 0 fully saturated rings. The van der Waals surface area contributed by atoms with Crippen LogP contribution in [0.5, 0.6) is 5.75 Å². The van der Waals surface area contributed by atoms with Crippen LogP contribution >= 0.6 is 11.3 Å². The molecule has 0 aliphatic rings. The highest BCUT2D eigenvalue weighted by Gasteiger charge is 2.06. The van der Waals surface area contributed by atoms with E-state index in [9.17, 15) is 0 Å². The van der Waals surface area contributed by atoms with E-state index in [2.05, 4.69) is 29.4 Å². The lowest BCUT2D eigenvalue weighted by Gasteiger charge is -2.08. The maximum atomic E-state index is 5.70. The summed E-state index contributed by atoms with van der Waals surface area (Å²) in [5.74, 6) is 1.40. The molecule has 2 aromatic rings. The number of hydrogen-bond donors (Lipinski definition) is 1. The fourth-order valence-electron chi connectivity index (χ4n) is 1.42. The molecule has 0 radical (unpaired) electrons. The second-order valence-electron chi connectivity index (χ2n) is 4.40. The van der Waals surface area contributed by atoms with Crippen molar-refractivity contribution in [1.29, 1.82) is 0 Å². The third-order valence-electron chi connectivity index (χ3n) is 2.30. The zero-order chi connectivity index (χ0) is 13.0. The van der Waals surface area contributed by atoms with Gasteiger partial charge in [0.05, 0.1) is 6.61 Å². The molecule has 0 bridgehead atoms. The van der Waals surface area contributed by atoms with E-state index < -0.39 is 0 Å². The van der Waals surface area contributed by atoms with Crippen molar-refractivity contribution in [2.45, 2.75) is 13.8 Å². The van der Waals surface area contributed by atoms with Gasteiger partial charge >= 0.3 is 0 Å². The Bertz CT molecular complexity index is 510. The summed E-state index contributed by atoms with van der Waals surface area (Å²) < 4.78 is 5.70. The van der Waals surface area contributed by atoms with Gasteiger partial charge in [0.2, 0.25) is 5.13 Å². The number of nitrogens with zero attached hydrogens (tertiary/aromatic N) is 2. The molecule has 1 N–H and O–H groups in total. The van der Waals surface area contributed by atoms with Gasteiger partial charge in [-0.05, 0) is 18.1 Å². The first kappa shape index (κ1) is 12.8. The summed E-state index contributed by atoms with van der Waals surface area (Å²) in [6.07, 6.45) is 0. The highest BCUT2D eigenvalue weighted by Crippen LogP contribution is 2.28. The Morgan fingerprint density at radius 3 is 2.83 bits per heavy atom. The van der Waals surface area contributed by atoms with Gasteiger partial charge in [0.1, 0.15) is 10.8 Å². The zero-order valence-corrected chi connectivity index (χ0v) is 11.6. The van der Waals surface area contributed by atoms with Gasteiger partial charge in [0, 0.05) is 12.6 Å². The number of hydrogen-bond acceptors (Lipinski definition) is 5. The minimum absolute atomic E-state index is 0.520. The fraction of sp³-hybridized carbons (Fsp3) is 0.385. The van der Waals surface area contributed by atoms with Crippen molar-refractivity contribution >= 4 is 16.5 Å². The highest BCUT2D eigenvalue weighted by atomic mass is 32.1. The van der Waals surface area contributed by atoms with Gasteiger partial charge in [-0.15, -0.1) is 10.2 Å². The van der Waals surface area contributed by atoms with Crippen LogP contribution < -0.4 is 10.1 Å². The molecule has 0 amide bonds. The van der Waals surface area contributed by atoms with Crippen molar-refractivity contribution in [3.05, 3.63) is 24.3 Å². The Morgan fingerprint density at radius 2 is 2.17 bits per heavy atom. The van der Waals surface area contributed by atoms with Gasteiger partial charge in [0.15, 0.2) is 0 Å². The Morgan fingerprint density at radius 1 is 1.33 bits per heavy atom. The van der Waals surface area contributed by atoms with Crippen LogP contribution in [0.1, 0.15) is 13.8 Å². The molecule has 0 unspecified atom stereocenters. The molecular weight excluding hydrogens is 246 g/mol. The average Bonchev–Trinajstić information content (AvgIpc) is 2.85. The van der Waals surface area contributed by atoms with Gasteiger partial charge < -0.3 is 10.1 Å². The Hall–Kier alpha value is -1.62. The molecule has 1 aromatic heterocycles. The number of nitrogens with one attached hydrogen (secondary N) is 1. The van der Waals surface area contributed by atoms with Gasteiger partial charge in [-0.3, -0.25) is 0 Å². The Labute approximate surface area is 111 Å². The van der Waals surface area contributed by atoms with Crippen molar-refractivity contribution in [3.63, 3.8) is 0 Å². The van der Waals surface area contributed by atoms with Crippen molar-refractivity contribution in [2.75, 3.05) is 19.0 Å². The molecule has 0 saturated heterocycles. The molecule has 4 nitrogen and oxygen atoms in total. The number of ether oxygens (including phenoxy) is 1. The first-order chi connectivity index (χ1) is 8.69. The quantitative estimate of drug-likeness (QED) is 0.899. The lowest BCUT2D eigenvalue weighted by molar-refractivity contribution is 0.271. The van der Waals surface area contributed by atoms with E-state index in [-0.39, 0.29) is 0 Å². The smallest absolute Gasteiger partial charge is 0.205 e. The summed E-state index contributed by atoms with van der Waals surface area (Å²) in [6, 6.07) is 7.96. The minimum atomic E-state index is 0.520. The van der Waals surface area contributed by atoms with E-state index in [0.717, 1.165) is 28.1 Å². The van der Waals surface area contributed by atoms with Crippen LogP contribution in [0.4, 0.5) is 5.13 Å². The molecule has 0 aliphatic heterocycles. The van der Waals surface area contributed by atoms with E-state index in [1.165, 1.54) is 11.3 Å². The Kier molecular flexibility index (Phi) is 4.15. The molecule has 18 heavy (non-hydrogen) atoms. The lowest BCUT2D eigenvalue weighted by atomic mass is 10.2. The molecular formula is C13H17N3OS. The van der Waals surface area contributed by atoms with Gasteiger partial charge in [-0.1, -0.05) is 37.3 Å². The maximum absolute atomic E-state index is 5.70. The van der Waals surface area contributed by atoms with Gasteiger partial charge in [-0.2, -0.15) is 0 Å². The van der Waals surface area contributed by atoms with E-state index in [1.54, 1.807) is 0 Å². The first-order valence-electron chi connectivity index (χ1n) is 5.93. The summed E-state index contributed by atoms with van der Waals surface area (Å²) >= 11 is 1.53. The predicted molar refractivity (Wildman–Crippen MR) is 75.2 cm³/mol. The zero-order valence-electron chi connectivity index (χ0n) is 10.8. The third kappa shape index (κ3) is 3.20. The van der Waals surface area contributed by atoms with Crippen molar-refractivity contribution in [2.24, 2.45) is 5.92 Å². The summed E-state index contributed by atoms with van der Waals surface area (Å²) in [5.41, 5.74) is 1.04. The van der Waals surface area contributed by atoms with E-state index in [0.29, 0.717) is 5.92 Å². The summed E-state index contributed by atoms with van der Waals surface area (Å²) in [5, 5.41) is 12.9. The van der Waals surface area contributed by atoms with E-state index in [1.807, 2.05) is 31.3 Å². The highest BCUT2D eigenvalue weighted by molar-refractivity contribution is 7.18. The average molecular weight is 263 g/mol. The fourth-order valence-corrected chi connectivity index (χ4v) is 2.12. The third-order valence-corrected chi connectivity index (χ3v) is 3.29. The van der Waals surface area contributed by atoms with E-state index in [4.69, 9.17) is 4.74 Å². The molecule has 2 rings (SSSR count). The topological polar surface area (TPSA) is 47.0 Å². The second-order valence-corrected chi connectivity index (χ2v) is 5.37. The molecule has 0 saturated carbocycles. The van der Waals surface area contributed by atoms with Crippen LogP contribution in [0, 0.1) is 5.92 Å². The molecule has 5 heteroatoms. The number of anilines is 1. The molecule has 0 atom stereocenters. The summed E-state index contributed by atoms with van der Waals surface area (Å²) in [6.45, 7) is 4.99. The predicted octanol–water partition coefficient (Wildman–Crippen LogP) is 3.28. The largest absolute Gasteiger partial charge is 0.493 e. The molecule has 1 aromatic carbocycles. The van der Waals surface area contributed by atoms with Crippen LogP contribution in [0.2, 0.25) is 0 Å². The molecule has 1 heterocycles. The molecule has 0 spiro atoms. The molecule has 96 valence electrons. The van der Waals surface area contributed by atoms with Crippen molar-refractivity contribution < 1.29 is 4.74 Å². The van der Waals surface area contributed by atoms with Crippen molar-refractivity contribution in [1.82, 2.24) is 10.2 Å². The number of rotatable bonds is 5. The lowest BCUT2D eigenvalue weighted by Crippen LogP contribution is -2.04. The van der Waals surface area contributed by atoms with Gasteiger partial charge in [0.25, 0.3) is 0 Å². The first-order valence-corrected chi connectivity index (χ1v) is 6.75. The van der Waals surface area contributed by atoms with E-state index >= 15 is 0 Å². The second kappa shape index (κ2) is 5.82. The van der Waals surface area contributed by atoms with Crippen LogP contribution in [-0.4, -0.2) is 23.9 Å². The summed E-state index contributed by atoms with van der Waals surface area (Å²) in [4.78, 5) is 0. The number of aromatic nitrogens is 2. The normalized spacial score (nSPS) is 10.7. The van der Waals surface area contributed by atoms with Crippen molar-refractivity contribution in [3.8, 4) is 16.3 Å². The number of benzene rings is 1. The molecule has 0 aliphatic carbocycles. The Balaban J connectivity index is 2.16. The van der Waals surface area contributed by atoms with Crippen LogP contribution in [0.25, 0.3) is 10.6 Å². The standard InChI is InChI=1S/C13H17N3OS/c1-9(2)8-17-11-6-4-5-10(7-11)12-15-16-13(14-3)18-12/h4-7,9H,8H2,1-3H3,(H,14,16). The minimum Gasteiger partial charge on any atom is -0.493 e. The SMILES string of the molecule is CNc1nnc(-c2cccc(OCC(C)C)c2)s1.